The van der Waals surface area contributed by atoms with Crippen LogP contribution >= 0.6 is 7.82 Å². The zero-order valence-corrected chi connectivity index (χ0v) is 6.64. The van der Waals surface area contributed by atoms with Crippen LogP contribution in [0.2, 0.25) is 0 Å². The maximum absolute atomic E-state index is 10.3. The summed E-state index contributed by atoms with van der Waals surface area (Å²) in [5, 5.41) is 16.6. The number of hydrogen-bond acceptors (Lipinski definition) is 5. The molecule has 0 saturated heterocycles. The smallest absolute Gasteiger partial charge is 0.381 e. The number of carbonyl (C=O) groups excluding carboxylic acids is 1. The summed E-state index contributed by atoms with van der Waals surface area (Å²) in [6, 6.07) is 0. The zero-order valence-electron chi connectivity index (χ0n) is 5.75. The number of carbonyl (C=O) groups is 1. The highest BCUT2D eigenvalue weighted by Gasteiger charge is 2.20. The Morgan fingerprint density at radius 2 is 2.08 bits per heavy atom. The molecule has 0 bridgehead atoms. The molecule has 8 nitrogen and oxygen atoms in total. The molecule has 1 atom stereocenters. The summed E-state index contributed by atoms with van der Waals surface area (Å²) in [5.41, 5.74) is 1.08. The lowest BCUT2D eigenvalue weighted by molar-refractivity contribution is -0.139. The Bertz CT molecular complexity index is 199. The van der Waals surface area contributed by atoms with Crippen molar-refractivity contribution in [2.24, 2.45) is 0 Å². The van der Waals surface area contributed by atoms with Crippen molar-refractivity contribution in [3.63, 3.8) is 0 Å². The molecule has 9 heteroatoms. The molecule has 0 fully saturated rings. The van der Waals surface area contributed by atoms with E-state index >= 15 is 0 Å². The van der Waals surface area contributed by atoms with Crippen molar-refractivity contribution < 1.29 is 34.0 Å². The molecule has 1 unspecified atom stereocenters. The lowest BCUT2D eigenvalue weighted by Gasteiger charge is -2.08. The SMILES string of the molecule is O=C(NO)C(O)COP(=O)(O)O. The number of amides is 1. The largest absolute Gasteiger partial charge is 0.469 e. The van der Waals surface area contributed by atoms with Gasteiger partial charge in [0.05, 0.1) is 6.61 Å². The van der Waals surface area contributed by atoms with E-state index in [1.807, 2.05) is 0 Å². The van der Waals surface area contributed by atoms with Crippen LogP contribution in [-0.4, -0.2) is 38.7 Å². The number of aliphatic hydroxyl groups is 1. The van der Waals surface area contributed by atoms with Crippen LogP contribution in [0, 0.1) is 0 Å². The molecule has 0 aliphatic carbocycles. The van der Waals surface area contributed by atoms with Crippen LogP contribution in [0.25, 0.3) is 0 Å². The highest BCUT2D eigenvalue weighted by Crippen LogP contribution is 2.35. The summed E-state index contributed by atoms with van der Waals surface area (Å²) < 4.78 is 13.8. The third-order valence-electron chi connectivity index (χ3n) is 0.813. The standard InChI is InChI=1S/C3H8NO7P/c5-2(3(6)4-7)1-11-12(8,9)10/h2,5,7H,1H2,(H,4,6)(H2,8,9,10). The second-order valence-electron chi connectivity index (χ2n) is 1.78. The van der Waals surface area contributed by atoms with Crippen LogP contribution in [0.15, 0.2) is 0 Å². The van der Waals surface area contributed by atoms with Gasteiger partial charge in [-0.25, -0.2) is 10.0 Å². The number of hydrogen-bond donors (Lipinski definition) is 5. The van der Waals surface area contributed by atoms with Gasteiger partial charge in [0.1, 0.15) is 0 Å². The lowest BCUT2D eigenvalue weighted by Crippen LogP contribution is -2.35. The van der Waals surface area contributed by atoms with Gasteiger partial charge in [-0.3, -0.25) is 14.5 Å². The molecule has 72 valence electrons. The van der Waals surface area contributed by atoms with Gasteiger partial charge in [0.25, 0.3) is 5.91 Å². The van der Waals surface area contributed by atoms with Crippen LogP contribution in [-0.2, 0) is 13.9 Å². The highest BCUT2D eigenvalue weighted by atomic mass is 31.2. The second-order valence-corrected chi connectivity index (χ2v) is 3.02. The van der Waals surface area contributed by atoms with Crippen molar-refractivity contribution in [1.82, 2.24) is 5.48 Å². The van der Waals surface area contributed by atoms with Gasteiger partial charge >= 0.3 is 7.82 Å². The summed E-state index contributed by atoms with van der Waals surface area (Å²) in [6.07, 6.45) is -1.82. The number of phosphoric ester groups is 1. The molecule has 12 heavy (non-hydrogen) atoms. The summed E-state index contributed by atoms with van der Waals surface area (Å²) in [6.45, 7) is -0.892. The molecule has 1 amide bonds. The fourth-order valence-electron chi connectivity index (χ4n) is 0.318. The monoisotopic (exact) mass is 201 g/mol. The number of phosphoric acid groups is 1. The first-order chi connectivity index (χ1) is 5.37. The molecule has 0 aliphatic heterocycles. The Labute approximate surface area is 67.0 Å². The third-order valence-corrected chi connectivity index (χ3v) is 1.30. The molecule has 0 spiro atoms. The van der Waals surface area contributed by atoms with Crippen LogP contribution < -0.4 is 5.48 Å². The van der Waals surface area contributed by atoms with Gasteiger partial charge in [0.2, 0.25) is 0 Å². The van der Waals surface area contributed by atoms with Crippen LogP contribution in [0.3, 0.4) is 0 Å². The minimum absolute atomic E-state index is 0.892. The number of aliphatic hydroxyl groups excluding tert-OH is 1. The van der Waals surface area contributed by atoms with Crippen LogP contribution in [0.4, 0.5) is 0 Å². The van der Waals surface area contributed by atoms with Crippen LogP contribution in [0.5, 0.6) is 0 Å². The molecular weight excluding hydrogens is 193 g/mol. The molecule has 0 heterocycles. The van der Waals surface area contributed by atoms with Gasteiger partial charge in [0, 0.05) is 0 Å². The number of hydroxylamine groups is 1. The Morgan fingerprint density at radius 3 is 2.42 bits per heavy atom. The average molecular weight is 201 g/mol. The van der Waals surface area contributed by atoms with Crippen molar-refractivity contribution in [2.75, 3.05) is 6.61 Å². The molecular formula is C3H8NO7P. The Balaban J connectivity index is 3.79. The Hall–Kier alpha value is -0.500. The van der Waals surface area contributed by atoms with E-state index in [0.717, 1.165) is 5.48 Å². The summed E-state index contributed by atoms with van der Waals surface area (Å²) in [5.74, 6) is -1.21. The molecule has 0 aromatic rings. The third kappa shape index (κ3) is 5.19. The van der Waals surface area contributed by atoms with E-state index in [1.54, 1.807) is 0 Å². The Kier molecular flexibility index (Phi) is 4.32. The molecule has 0 aromatic heterocycles. The average Bonchev–Trinajstić information content (AvgIpc) is 1.97. The molecule has 0 radical (unpaired) electrons. The molecule has 5 N–H and O–H groups in total. The van der Waals surface area contributed by atoms with Gasteiger partial charge in [-0.1, -0.05) is 0 Å². The van der Waals surface area contributed by atoms with E-state index in [1.165, 1.54) is 0 Å². The lowest BCUT2D eigenvalue weighted by atomic mass is 10.4. The molecule has 0 rings (SSSR count). The topological polar surface area (TPSA) is 136 Å². The van der Waals surface area contributed by atoms with Crippen molar-refractivity contribution in [3.05, 3.63) is 0 Å². The van der Waals surface area contributed by atoms with E-state index in [0.29, 0.717) is 0 Å². The predicted molar refractivity (Wildman–Crippen MR) is 33.9 cm³/mol. The minimum Gasteiger partial charge on any atom is -0.381 e. The van der Waals surface area contributed by atoms with Gasteiger partial charge < -0.3 is 14.9 Å². The molecule has 0 aromatic carbocycles. The van der Waals surface area contributed by atoms with E-state index in [2.05, 4.69) is 4.52 Å². The first-order valence-electron chi connectivity index (χ1n) is 2.69. The summed E-state index contributed by atoms with van der Waals surface area (Å²) >= 11 is 0. The molecule has 0 saturated carbocycles. The van der Waals surface area contributed by atoms with E-state index in [9.17, 15) is 9.36 Å². The zero-order chi connectivity index (χ0) is 9.78. The molecule has 0 aliphatic rings. The first-order valence-corrected chi connectivity index (χ1v) is 4.22. The van der Waals surface area contributed by atoms with Crippen molar-refractivity contribution >= 4 is 13.7 Å². The number of nitrogens with one attached hydrogen (secondary N) is 1. The quantitative estimate of drug-likeness (QED) is 0.201. The van der Waals surface area contributed by atoms with E-state index < -0.39 is 26.4 Å². The van der Waals surface area contributed by atoms with E-state index in [-0.39, 0.29) is 0 Å². The van der Waals surface area contributed by atoms with Crippen molar-refractivity contribution in [3.8, 4) is 0 Å². The fourth-order valence-corrected chi connectivity index (χ4v) is 0.653. The van der Waals surface area contributed by atoms with Crippen molar-refractivity contribution in [1.29, 1.82) is 0 Å². The summed E-state index contributed by atoms with van der Waals surface area (Å²) in [4.78, 5) is 26.5. The predicted octanol–water partition coefficient (Wildman–Crippen LogP) is -2.04. The maximum Gasteiger partial charge on any atom is 0.469 e. The van der Waals surface area contributed by atoms with Gasteiger partial charge in [-0.2, -0.15) is 0 Å². The Morgan fingerprint density at radius 1 is 1.58 bits per heavy atom. The van der Waals surface area contributed by atoms with E-state index in [4.69, 9.17) is 20.1 Å². The minimum atomic E-state index is -4.69. The highest BCUT2D eigenvalue weighted by molar-refractivity contribution is 7.46. The summed E-state index contributed by atoms with van der Waals surface area (Å²) in [7, 11) is -4.69. The van der Waals surface area contributed by atoms with Crippen LogP contribution in [0.1, 0.15) is 0 Å². The van der Waals surface area contributed by atoms with Gasteiger partial charge in [-0.05, 0) is 0 Å². The van der Waals surface area contributed by atoms with Crippen molar-refractivity contribution in [2.45, 2.75) is 6.10 Å². The first kappa shape index (κ1) is 11.5. The number of rotatable bonds is 4. The second kappa shape index (κ2) is 4.51. The fraction of sp³-hybridized carbons (Fsp3) is 0.667. The normalized spacial score (nSPS) is 14.0. The van der Waals surface area contributed by atoms with Gasteiger partial charge in [-0.15, -0.1) is 0 Å². The maximum atomic E-state index is 10.3. The van der Waals surface area contributed by atoms with Gasteiger partial charge in [0.15, 0.2) is 6.10 Å².